The Morgan fingerprint density at radius 1 is 1.17 bits per heavy atom. The maximum Gasteiger partial charge on any atom is 0.122 e. The van der Waals surface area contributed by atoms with Crippen molar-refractivity contribution < 1.29 is 5.11 Å². The Morgan fingerprint density at radius 3 is 2.50 bits per heavy atom. The lowest BCUT2D eigenvalue weighted by Gasteiger charge is -2.15. The summed E-state index contributed by atoms with van der Waals surface area (Å²) in [6, 6.07) is 7.89. The van der Waals surface area contributed by atoms with Gasteiger partial charge in [0.15, 0.2) is 0 Å². The second-order valence-electron chi connectivity index (χ2n) is 4.28. The van der Waals surface area contributed by atoms with Crippen LogP contribution in [0, 0.1) is 13.8 Å². The molecule has 18 heavy (non-hydrogen) atoms. The van der Waals surface area contributed by atoms with Crippen LogP contribution in [0.3, 0.4) is 0 Å². The molecule has 0 aliphatic rings. The fraction of sp³-hybridized carbons (Fsp3) is 0.214. The number of halogens is 2. The molecule has 2 nitrogen and oxygen atoms in total. The average Bonchev–Trinajstić information content (AvgIpc) is 2.28. The van der Waals surface area contributed by atoms with Gasteiger partial charge in [-0.05, 0) is 62.9 Å². The van der Waals surface area contributed by atoms with Crippen molar-refractivity contribution in [3.8, 4) is 0 Å². The number of hydrogen-bond donors (Lipinski definition) is 1. The highest BCUT2D eigenvalue weighted by molar-refractivity contribution is 9.11. The molecule has 4 heteroatoms. The number of benzene rings is 1. The predicted molar refractivity (Wildman–Crippen MR) is 79.6 cm³/mol. The Bertz CT molecular complexity index is 533. The topological polar surface area (TPSA) is 33.1 Å². The van der Waals surface area contributed by atoms with Crippen molar-refractivity contribution in [2.45, 2.75) is 20.0 Å². The zero-order chi connectivity index (χ0) is 13.3. The summed E-state index contributed by atoms with van der Waals surface area (Å²) < 4.78 is 1.68. The van der Waals surface area contributed by atoms with Gasteiger partial charge in [0.2, 0.25) is 0 Å². The highest BCUT2D eigenvalue weighted by Gasteiger charge is 2.17. The Labute approximate surface area is 123 Å². The van der Waals surface area contributed by atoms with Crippen LogP contribution in [-0.2, 0) is 0 Å². The zero-order valence-electron chi connectivity index (χ0n) is 10.1. The lowest BCUT2D eigenvalue weighted by Crippen LogP contribution is -2.05. The predicted octanol–water partition coefficient (Wildman–Crippen LogP) is 4.31. The first-order valence-electron chi connectivity index (χ1n) is 5.55. The maximum atomic E-state index is 10.4. The molecule has 2 rings (SSSR count). The lowest BCUT2D eigenvalue weighted by atomic mass is 9.99. The van der Waals surface area contributed by atoms with E-state index in [-0.39, 0.29) is 0 Å². The largest absolute Gasteiger partial charge is 0.382 e. The molecule has 0 radical (unpaired) electrons. The Morgan fingerprint density at radius 2 is 1.89 bits per heavy atom. The summed E-state index contributed by atoms with van der Waals surface area (Å²) in [4.78, 5) is 4.27. The molecule has 0 fully saturated rings. The molecule has 1 heterocycles. The zero-order valence-corrected chi connectivity index (χ0v) is 13.3. The molecule has 1 atom stereocenters. The van der Waals surface area contributed by atoms with Crippen molar-refractivity contribution in [3.05, 3.63) is 61.8 Å². The van der Waals surface area contributed by atoms with Gasteiger partial charge in [0, 0.05) is 15.1 Å². The van der Waals surface area contributed by atoms with Crippen LogP contribution in [-0.4, -0.2) is 10.1 Å². The average molecular weight is 371 g/mol. The molecule has 0 saturated carbocycles. The second-order valence-corrected chi connectivity index (χ2v) is 6.05. The molecular weight excluding hydrogens is 358 g/mol. The standard InChI is InChI=1S/C14H13Br2NO/c1-8-3-4-11(9(2)5-8)14(18)13-12(16)6-10(15)7-17-13/h3-7,14,18H,1-2H3. The molecule has 0 saturated heterocycles. The SMILES string of the molecule is Cc1ccc(C(O)c2ncc(Br)cc2Br)c(C)c1. The molecule has 94 valence electrons. The summed E-state index contributed by atoms with van der Waals surface area (Å²) in [5.74, 6) is 0. The number of nitrogens with zero attached hydrogens (tertiary/aromatic N) is 1. The first-order valence-corrected chi connectivity index (χ1v) is 7.14. The van der Waals surface area contributed by atoms with Crippen LogP contribution in [0.2, 0.25) is 0 Å². The summed E-state index contributed by atoms with van der Waals surface area (Å²) in [6.45, 7) is 4.04. The third-order valence-electron chi connectivity index (χ3n) is 2.82. The van der Waals surface area contributed by atoms with Gasteiger partial charge in [-0.1, -0.05) is 23.8 Å². The van der Waals surface area contributed by atoms with Crippen LogP contribution in [0.1, 0.15) is 28.5 Å². The molecule has 1 unspecified atom stereocenters. The second kappa shape index (κ2) is 5.51. The summed E-state index contributed by atoms with van der Waals surface area (Å²) in [5, 5.41) is 10.4. The van der Waals surface area contributed by atoms with Crippen molar-refractivity contribution in [2.75, 3.05) is 0 Å². The molecule has 0 aliphatic heterocycles. The van der Waals surface area contributed by atoms with Crippen molar-refractivity contribution in [1.29, 1.82) is 0 Å². The molecule has 2 aromatic rings. The summed E-state index contributed by atoms with van der Waals surface area (Å²) in [7, 11) is 0. The van der Waals surface area contributed by atoms with Gasteiger partial charge >= 0.3 is 0 Å². The van der Waals surface area contributed by atoms with Crippen molar-refractivity contribution in [1.82, 2.24) is 4.98 Å². The first kappa shape index (κ1) is 13.7. The quantitative estimate of drug-likeness (QED) is 0.854. The van der Waals surface area contributed by atoms with Crippen molar-refractivity contribution in [3.63, 3.8) is 0 Å². The van der Waals surface area contributed by atoms with E-state index in [0.717, 1.165) is 20.1 Å². The number of hydrogen-bond acceptors (Lipinski definition) is 2. The van der Waals surface area contributed by atoms with Crippen LogP contribution >= 0.6 is 31.9 Å². The maximum absolute atomic E-state index is 10.4. The van der Waals surface area contributed by atoms with Crippen LogP contribution in [0.25, 0.3) is 0 Å². The fourth-order valence-corrected chi connectivity index (χ4v) is 3.11. The number of aryl methyl sites for hydroxylation is 2. The van der Waals surface area contributed by atoms with E-state index in [1.807, 2.05) is 32.0 Å². The Hall–Kier alpha value is -0.710. The summed E-state index contributed by atoms with van der Waals surface area (Å²) in [6.07, 6.45) is 0.973. The minimum absolute atomic E-state index is 0.630. The van der Waals surface area contributed by atoms with Crippen LogP contribution in [0.4, 0.5) is 0 Å². The van der Waals surface area contributed by atoms with Gasteiger partial charge in [-0.2, -0.15) is 0 Å². The van der Waals surface area contributed by atoms with Gasteiger partial charge in [0.25, 0.3) is 0 Å². The fourth-order valence-electron chi connectivity index (χ4n) is 1.91. The van der Waals surface area contributed by atoms with Crippen molar-refractivity contribution in [2.24, 2.45) is 0 Å². The normalized spacial score (nSPS) is 12.5. The monoisotopic (exact) mass is 369 g/mol. The highest BCUT2D eigenvalue weighted by atomic mass is 79.9. The number of aliphatic hydroxyl groups excluding tert-OH is 1. The van der Waals surface area contributed by atoms with Gasteiger partial charge in [-0.3, -0.25) is 4.98 Å². The highest BCUT2D eigenvalue weighted by Crippen LogP contribution is 2.30. The Kier molecular flexibility index (Phi) is 4.20. The van der Waals surface area contributed by atoms with Crippen LogP contribution in [0.5, 0.6) is 0 Å². The van der Waals surface area contributed by atoms with Gasteiger partial charge in [-0.25, -0.2) is 0 Å². The van der Waals surface area contributed by atoms with Gasteiger partial charge in [0.1, 0.15) is 6.10 Å². The minimum Gasteiger partial charge on any atom is -0.382 e. The van der Waals surface area contributed by atoms with E-state index in [2.05, 4.69) is 42.9 Å². The Balaban J connectivity index is 2.44. The number of rotatable bonds is 2. The molecule has 0 aliphatic carbocycles. The molecule has 1 aromatic carbocycles. The molecular formula is C14H13Br2NO. The van der Waals surface area contributed by atoms with E-state index in [1.165, 1.54) is 5.56 Å². The van der Waals surface area contributed by atoms with E-state index in [4.69, 9.17) is 0 Å². The van der Waals surface area contributed by atoms with Gasteiger partial charge in [-0.15, -0.1) is 0 Å². The van der Waals surface area contributed by atoms with E-state index >= 15 is 0 Å². The van der Waals surface area contributed by atoms with Crippen LogP contribution in [0.15, 0.2) is 39.4 Å². The molecule has 1 N–H and O–H groups in total. The minimum atomic E-state index is -0.715. The van der Waals surface area contributed by atoms with E-state index < -0.39 is 6.10 Å². The summed E-state index contributed by atoms with van der Waals surface area (Å²) in [5.41, 5.74) is 3.77. The molecule has 0 amide bonds. The smallest absolute Gasteiger partial charge is 0.122 e. The summed E-state index contributed by atoms with van der Waals surface area (Å²) >= 11 is 6.78. The third-order valence-corrected chi connectivity index (χ3v) is 3.88. The van der Waals surface area contributed by atoms with Crippen molar-refractivity contribution >= 4 is 31.9 Å². The van der Waals surface area contributed by atoms with E-state index in [9.17, 15) is 5.11 Å². The number of aromatic nitrogens is 1. The first-order chi connectivity index (χ1) is 8.49. The molecule has 1 aromatic heterocycles. The van der Waals surface area contributed by atoms with E-state index in [1.54, 1.807) is 6.20 Å². The van der Waals surface area contributed by atoms with Gasteiger partial charge in [0.05, 0.1) is 5.69 Å². The number of aliphatic hydroxyl groups is 1. The van der Waals surface area contributed by atoms with Crippen LogP contribution < -0.4 is 0 Å². The molecule has 0 bridgehead atoms. The number of pyridine rings is 1. The van der Waals surface area contributed by atoms with E-state index in [0.29, 0.717) is 5.69 Å². The third kappa shape index (κ3) is 2.82. The van der Waals surface area contributed by atoms with Gasteiger partial charge < -0.3 is 5.11 Å². The lowest BCUT2D eigenvalue weighted by molar-refractivity contribution is 0.213. The molecule has 0 spiro atoms.